The van der Waals surface area contributed by atoms with Gasteiger partial charge >= 0.3 is 0 Å². The van der Waals surface area contributed by atoms with Gasteiger partial charge in [0.2, 0.25) is 0 Å². The van der Waals surface area contributed by atoms with E-state index in [4.69, 9.17) is 5.73 Å². The van der Waals surface area contributed by atoms with Crippen LogP contribution in [0.3, 0.4) is 0 Å². The van der Waals surface area contributed by atoms with Gasteiger partial charge in [0.25, 0.3) is 0 Å². The van der Waals surface area contributed by atoms with E-state index in [1.54, 1.807) is 6.20 Å². The van der Waals surface area contributed by atoms with Gasteiger partial charge in [0.05, 0.1) is 4.88 Å². The second-order valence-electron chi connectivity index (χ2n) is 3.48. The number of anilines is 1. The van der Waals surface area contributed by atoms with Gasteiger partial charge in [0.1, 0.15) is 5.60 Å². The number of aromatic nitrogens is 1. The lowest BCUT2D eigenvalue weighted by Crippen LogP contribution is -2.22. The van der Waals surface area contributed by atoms with Crippen LogP contribution in [0.25, 0.3) is 0 Å². The van der Waals surface area contributed by atoms with Crippen molar-refractivity contribution in [1.82, 2.24) is 4.98 Å². The molecule has 1 unspecified atom stereocenters. The van der Waals surface area contributed by atoms with Crippen LogP contribution in [0.4, 0.5) is 5.13 Å². The molecule has 1 atom stereocenters. The normalized spacial score (nSPS) is 22.2. The fraction of sp³-hybridized carbons (Fsp3) is 0.625. The highest BCUT2D eigenvalue weighted by Gasteiger charge is 2.42. The number of nitrogens with two attached hydrogens (primary N) is 1. The van der Waals surface area contributed by atoms with Gasteiger partial charge in [-0.3, -0.25) is 0 Å². The van der Waals surface area contributed by atoms with Crippen LogP contribution >= 0.6 is 11.3 Å². The van der Waals surface area contributed by atoms with E-state index in [1.165, 1.54) is 11.3 Å². The van der Waals surface area contributed by atoms with Crippen molar-refractivity contribution in [3.63, 3.8) is 0 Å². The van der Waals surface area contributed by atoms with Gasteiger partial charge < -0.3 is 10.8 Å². The van der Waals surface area contributed by atoms with E-state index >= 15 is 0 Å². The van der Waals surface area contributed by atoms with E-state index < -0.39 is 5.60 Å². The fourth-order valence-electron chi connectivity index (χ4n) is 1.37. The van der Waals surface area contributed by atoms with Gasteiger partial charge in [-0.05, 0) is 25.7 Å². The van der Waals surface area contributed by atoms with Gasteiger partial charge in [-0.15, -0.1) is 0 Å². The molecule has 1 aliphatic rings. The van der Waals surface area contributed by atoms with Crippen LogP contribution in [0.15, 0.2) is 6.20 Å². The van der Waals surface area contributed by atoms with Crippen LogP contribution in [0.1, 0.15) is 24.6 Å². The Balaban J connectivity index is 2.27. The van der Waals surface area contributed by atoms with Gasteiger partial charge in [-0.25, -0.2) is 4.98 Å². The Morgan fingerprint density at radius 2 is 2.42 bits per heavy atom. The first-order chi connectivity index (χ1) is 5.60. The van der Waals surface area contributed by atoms with Crippen molar-refractivity contribution in [3.05, 3.63) is 11.1 Å². The zero-order valence-corrected chi connectivity index (χ0v) is 7.77. The maximum atomic E-state index is 10.1. The summed E-state index contributed by atoms with van der Waals surface area (Å²) in [6.07, 6.45) is 3.91. The highest BCUT2D eigenvalue weighted by Crippen LogP contribution is 2.46. The van der Waals surface area contributed by atoms with E-state index in [1.807, 2.05) is 6.92 Å². The Labute approximate surface area is 75.2 Å². The summed E-state index contributed by atoms with van der Waals surface area (Å²) in [6, 6.07) is 0. The monoisotopic (exact) mass is 184 g/mol. The van der Waals surface area contributed by atoms with Gasteiger partial charge in [-0.1, -0.05) is 11.3 Å². The molecule has 0 bridgehead atoms. The van der Waals surface area contributed by atoms with Crippen molar-refractivity contribution in [1.29, 1.82) is 0 Å². The molecule has 1 aliphatic carbocycles. The van der Waals surface area contributed by atoms with E-state index in [0.29, 0.717) is 11.0 Å². The number of nitrogens with zero attached hydrogens (tertiary/aromatic N) is 1. The van der Waals surface area contributed by atoms with Crippen LogP contribution in [0.5, 0.6) is 0 Å². The molecular formula is C8H12N2OS. The molecular weight excluding hydrogens is 172 g/mol. The third-order valence-corrected chi connectivity index (χ3v) is 3.45. The number of hydrogen-bond donors (Lipinski definition) is 2. The lowest BCUT2D eigenvalue weighted by molar-refractivity contribution is 0.0366. The second kappa shape index (κ2) is 2.44. The molecule has 0 saturated heterocycles. The first kappa shape index (κ1) is 8.01. The summed E-state index contributed by atoms with van der Waals surface area (Å²) < 4.78 is 0. The summed E-state index contributed by atoms with van der Waals surface area (Å²) in [5.41, 5.74) is 4.79. The third kappa shape index (κ3) is 1.21. The Bertz CT molecular complexity index is 291. The zero-order chi connectivity index (χ0) is 8.77. The topological polar surface area (TPSA) is 59.1 Å². The van der Waals surface area contributed by atoms with Crippen LogP contribution < -0.4 is 5.73 Å². The molecule has 0 spiro atoms. The Kier molecular flexibility index (Phi) is 1.63. The quantitative estimate of drug-likeness (QED) is 0.729. The molecule has 3 nitrogen and oxygen atoms in total. The zero-order valence-electron chi connectivity index (χ0n) is 6.95. The number of nitrogen functional groups attached to an aromatic ring is 1. The van der Waals surface area contributed by atoms with Crippen molar-refractivity contribution in [3.8, 4) is 0 Å². The average molecular weight is 184 g/mol. The summed E-state index contributed by atoms with van der Waals surface area (Å²) in [4.78, 5) is 4.82. The lowest BCUT2D eigenvalue weighted by Gasteiger charge is -2.20. The lowest BCUT2D eigenvalue weighted by atomic mass is 10.00. The summed E-state index contributed by atoms with van der Waals surface area (Å²) in [6.45, 7) is 1.84. The molecule has 0 aromatic carbocycles. The minimum Gasteiger partial charge on any atom is -0.384 e. The van der Waals surface area contributed by atoms with E-state index in [9.17, 15) is 5.11 Å². The van der Waals surface area contributed by atoms with Gasteiger partial charge in [0, 0.05) is 6.20 Å². The molecule has 0 aliphatic heterocycles. The molecule has 0 radical (unpaired) electrons. The SMILES string of the molecule is CC(O)(c1cnc(N)s1)C1CC1. The van der Waals surface area contributed by atoms with Crippen LogP contribution in [0, 0.1) is 5.92 Å². The standard InChI is InChI=1S/C8H12N2OS/c1-8(11,5-2-3-5)6-4-10-7(9)12-6/h4-5,11H,2-3H2,1H3,(H2,9,10). The molecule has 1 saturated carbocycles. The number of rotatable bonds is 2. The summed E-state index contributed by atoms with van der Waals surface area (Å²) >= 11 is 1.38. The predicted molar refractivity (Wildman–Crippen MR) is 48.8 cm³/mol. The van der Waals surface area contributed by atoms with E-state index in [2.05, 4.69) is 4.98 Å². The Morgan fingerprint density at radius 3 is 2.83 bits per heavy atom. The number of hydrogen-bond acceptors (Lipinski definition) is 4. The molecule has 4 heteroatoms. The highest BCUT2D eigenvalue weighted by atomic mass is 32.1. The molecule has 1 fully saturated rings. The maximum Gasteiger partial charge on any atom is 0.180 e. The van der Waals surface area contributed by atoms with Crippen molar-refractivity contribution in [2.45, 2.75) is 25.4 Å². The molecule has 1 heterocycles. The molecule has 2 rings (SSSR count). The predicted octanol–water partition coefficient (Wildman–Crippen LogP) is 1.34. The maximum absolute atomic E-state index is 10.1. The van der Waals surface area contributed by atoms with Gasteiger partial charge in [-0.2, -0.15) is 0 Å². The first-order valence-electron chi connectivity index (χ1n) is 4.05. The van der Waals surface area contributed by atoms with E-state index in [-0.39, 0.29) is 0 Å². The first-order valence-corrected chi connectivity index (χ1v) is 4.86. The summed E-state index contributed by atoms with van der Waals surface area (Å²) in [7, 11) is 0. The Hall–Kier alpha value is -0.610. The molecule has 1 aromatic heterocycles. The minimum absolute atomic E-state index is 0.414. The second-order valence-corrected chi connectivity index (χ2v) is 4.55. The van der Waals surface area contributed by atoms with Crippen molar-refractivity contribution < 1.29 is 5.11 Å². The third-order valence-electron chi connectivity index (χ3n) is 2.39. The minimum atomic E-state index is -0.699. The molecule has 1 aromatic rings. The van der Waals surface area contributed by atoms with Crippen LogP contribution in [0.2, 0.25) is 0 Å². The van der Waals surface area contributed by atoms with E-state index in [0.717, 1.165) is 17.7 Å². The van der Waals surface area contributed by atoms with Crippen LogP contribution in [-0.2, 0) is 5.60 Å². The Morgan fingerprint density at radius 1 is 1.75 bits per heavy atom. The molecule has 3 N–H and O–H groups in total. The summed E-state index contributed by atoms with van der Waals surface area (Å²) in [5, 5.41) is 10.6. The smallest absolute Gasteiger partial charge is 0.180 e. The molecule has 66 valence electrons. The molecule has 0 amide bonds. The highest BCUT2D eigenvalue weighted by molar-refractivity contribution is 7.15. The fourth-order valence-corrected chi connectivity index (χ4v) is 2.18. The van der Waals surface area contributed by atoms with Crippen LogP contribution in [-0.4, -0.2) is 10.1 Å². The van der Waals surface area contributed by atoms with Crippen molar-refractivity contribution >= 4 is 16.5 Å². The van der Waals surface area contributed by atoms with Gasteiger partial charge in [0.15, 0.2) is 5.13 Å². The average Bonchev–Trinajstić information content (AvgIpc) is 2.75. The number of aliphatic hydroxyl groups is 1. The number of thiazole rings is 1. The molecule has 12 heavy (non-hydrogen) atoms. The van der Waals surface area contributed by atoms with Crippen molar-refractivity contribution in [2.24, 2.45) is 5.92 Å². The summed E-state index contributed by atoms with van der Waals surface area (Å²) in [5.74, 6) is 0.414. The largest absolute Gasteiger partial charge is 0.384 e. The van der Waals surface area contributed by atoms with Crippen molar-refractivity contribution in [2.75, 3.05) is 5.73 Å².